The molecule has 0 aromatic heterocycles. The van der Waals surface area contributed by atoms with Crippen molar-refractivity contribution in [2.24, 2.45) is 0 Å². The van der Waals surface area contributed by atoms with E-state index in [0.29, 0.717) is 18.2 Å². The van der Waals surface area contributed by atoms with Crippen molar-refractivity contribution in [2.45, 2.75) is 44.9 Å². The van der Waals surface area contributed by atoms with Crippen LogP contribution in [0, 0.1) is 0 Å². The standard InChI is InChI=1S/C12H25N3O/c1-10-8-12(9-11(2)16-10)13-15-6-4-14(3)5-7-15/h10-13H,4-9H2,1-3H3. The Labute approximate surface area is 98.9 Å². The van der Waals surface area contributed by atoms with Gasteiger partial charge in [0.05, 0.1) is 12.2 Å². The van der Waals surface area contributed by atoms with Gasteiger partial charge >= 0.3 is 0 Å². The van der Waals surface area contributed by atoms with Crippen molar-refractivity contribution < 1.29 is 4.74 Å². The van der Waals surface area contributed by atoms with Gasteiger partial charge in [0.15, 0.2) is 0 Å². The summed E-state index contributed by atoms with van der Waals surface area (Å²) in [7, 11) is 2.19. The predicted octanol–water partition coefficient (Wildman–Crippen LogP) is 0.694. The molecule has 16 heavy (non-hydrogen) atoms. The van der Waals surface area contributed by atoms with Crippen LogP contribution < -0.4 is 5.43 Å². The van der Waals surface area contributed by atoms with E-state index >= 15 is 0 Å². The summed E-state index contributed by atoms with van der Waals surface area (Å²) in [6.07, 6.45) is 3.07. The fraction of sp³-hybridized carbons (Fsp3) is 1.00. The Morgan fingerprint density at radius 1 is 1.00 bits per heavy atom. The number of hydrogen-bond acceptors (Lipinski definition) is 4. The summed E-state index contributed by atoms with van der Waals surface area (Å²) in [4.78, 5) is 2.38. The molecule has 0 bridgehead atoms. The number of piperazine rings is 1. The van der Waals surface area contributed by atoms with Crippen molar-refractivity contribution in [2.75, 3.05) is 33.2 Å². The average molecular weight is 227 g/mol. The lowest BCUT2D eigenvalue weighted by atomic mass is 10.0. The van der Waals surface area contributed by atoms with Crippen LogP contribution in [0.3, 0.4) is 0 Å². The van der Waals surface area contributed by atoms with Crippen LogP contribution >= 0.6 is 0 Å². The minimum absolute atomic E-state index is 0.397. The quantitative estimate of drug-likeness (QED) is 0.751. The number of nitrogens with zero attached hydrogens (tertiary/aromatic N) is 2. The summed E-state index contributed by atoms with van der Waals surface area (Å²) in [5.74, 6) is 0. The molecule has 1 N–H and O–H groups in total. The van der Waals surface area contributed by atoms with E-state index in [-0.39, 0.29) is 0 Å². The maximum absolute atomic E-state index is 5.76. The van der Waals surface area contributed by atoms with Gasteiger partial charge in [0, 0.05) is 32.2 Å². The highest BCUT2D eigenvalue weighted by molar-refractivity contribution is 4.79. The first-order valence-electron chi connectivity index (χ1n) is 6.48. The molecule has 2 heterocycles. The van der Waals surface area contributed by atoms with Gasteiger partial charge in [-0.25, -0.2) is 5.01 Å². The maximum Gasteiger partial charge on any atom is 0.0566 e. The van der Waals surface area contributed by atoms with Crippen molar-refractivity contribution in [3.05, 3.63) is 0 Å². The van der Waals surface area contributed by atoms with Crippen LogP contribution in [0.4, 0.5) is 0 Å². The summed E-state index contributed by atoms with van der Waals surface area (Å²) >= 11 is 0. The molecule has 4 nitrogen and oxygen atoms in total. The highest BCUT2D eigenvalue weighted by atomic mass is 16.5. The number of hydrazine groups is 1. The van der Waals surface area contributed by atoms with Crippen LogP contribution in [0.25, 0.3) is 0 Å². The smallest absolute Gasteiger partial charge is 0.0566 e. The molecule has 0 amide bonds. The second-order valence-electron chi connectivity index (χ2n) is 5.35. The Morgan fingerprint density at radius 3 is 2.12 bits per heavy atom. The third kappa shape index (κ3) is 3.42. The van der Waals surface area contributed by atoms with Gasteiger partial charge in [-0.15, -0.1) is 0 Å². The zero-order valence-electron chi connectivity index (χ0n) is 10.8. The van der Waals surface area contributed by atoms with E-state index in [2.05, 4.69) is 36.2 Å². The van der Waals surface area contributed by atoms with Gasteiger partial charge in [0.2, 0.25) is 0 Å². The van der Waals surface area contributed by atoms with Crippen molar-refractivity contribution in [3.63, 3.8) is 0 Å². The molecule has 2 unspecified atom stereocenters. The highest BCUT2D eigenvalue weighted by Crippen LogP contribution is 2.19. The summed E-state index contributed by atoms with van der Waals surface area (Å²) in [5.41, 5.74) is 3.67. The Morgan fingerprint density at radius 2 is 1.56 bits per heavy atom. The lowest BCUT2D eigenvalue weighted by Crippen LogP contribution is -2.55. The van der Waals surface area contributed by atoms with Crippen LogP contribution in [0.15, 0.2) is 0 Å². The van der Waals surface area contributed by atoms with Gasteiger partial charge in [0.1, 0.15) is 0 Å². The maximum atomic E-state index is 5.76. The number of rotatable bonds is 2. The summed E-state index contributed by atoms with van der Waals surface area (Å²) in [5, 5.41) is 2.38. The Bertz CT molecular complexity index is 206. The van der Waals surface area contributed by atoms with Gasteiger partial charge in [-0.3, -0.25) is 5.43 Å². The van der Waals surface area contributed by atoms with Gasteiger partial charge in [-0.05, 0) is 33.7 Å². The number of nitrogens with one attached hydrogen (secondary N) is 1. The van der Waals surface area contributed by atoms with Crippen molar-refractivity contribution in [1.29, 1.82) is 0 Å². The molecule has 2 rings (SSSR count). The number of ether oxygens (including phenoxy) is 1. The van der Waals surface area contributed by atoms with Crippen LogP contribution in [0.5, 0.6) is 0 Å². The first-order valence-corrected chi connectivity index (χ1v) is 6.48. The van der Waals surface area contributed by atoms with E-state index < -0.39 is 0 Å². The third-order valence-corrected chi connectivity index (χ3v) is 3.57. The fourth-order valence-electron chi connectivity index (χ4n) is 2.70. The fourth-order valence-corrected chi connectivity index (χ4v) is 2.70. The number of hydrogen-bond donors (Lipinski definition) is 1. The monoisotopic (exact) mass is 227 g/mol. The SMILES string of the molecule is CC1CC(NN2CCN(C)CC2)CC(C)O1. The normalized spacial score (nSPS) is 38.8. The van der Waals surface area contributed by atoms with E-state index in [1.54, 1.807) is 0 Å². The third-order valence-electron chi connectivity index (χ3n) is 3.57. The Hall–Kier alpha value is -0.160. The molecule has 0 aliphatic carbocycles. The van der Waals surface area contributed by atoms with Crippen molar-refractivity contribution >= 4 is 0 Å². The molecule has 2 atom stereocenters. The molecule has 0 aromatic rings. The molecule has 0 saturated carbocycles. The lowest BCUT2D eigenvalue weighted by molar-refractivity contribution is -0.0572. The molecule has 2 fully saturated rings. The van der Waals surface area contributed by atoms with Crippen LogP contribution in [0.2, 0.25) is 0 Å². The number of likely N-dealkylation sites (N-methyl/N-ethyl adjacent to an activating group) is 1. The molecule has 94 valence electrons. The van der Waals surface area contributed by atoms with Crippen LogP contribution in [-0.4, -0.2) is 61.4 Å². The van der Waals surface area contributed by atoms with Gasteiger partial charge < -0.3 is 9.64 Å². The van der Waals surface area contributed by atoms with Gasteiger partial charge in [0.25, 0.3) is 0 Å². The second-order valence-corrected chi connectivity index (χ2v) is 5.35. The molecule has 4 heteroatoms. The molecule has 0 spiro atoms. The van der Waals surface area contributed by atoms with E-state index in [0.717, 1.165) is 25.9 Å². The van der Waals surface area contributed by atoms with E-state index in [1.165, 1.54) is 13.1 Å². The summed E-state index contributed by atoms with van der Waals surface area (Å²) in [6, 6.07) is 0.599. The largest absolute Gasteiger partial charge is 0.375 e. The van der Waals surface area contributed by atoms with Gasteiger partial charge in [-0.2, -0.15) is 0 Å². The van der Waals surface area contributed by atoms with E-state index in [1.807, 2.05) is 0 Å². The predicted molar refractivity (Wildman–Crippen MR) is 65.2 cm³/mol. The minimum atomic E-state index is 0.397. The van der Waals surface area contributed by atoms with Crippen LogP contribution in [-0.2, 0) is 4.74 Å². The molecule has 2 saturated heterocycles. The summed E-state index contributed by atoms with van der Waals surface area (Å²) in [6.45, 7) is 8.96. The molecule has 2 aliphatic heterocycles. The zero-order chi connectivity index (χ0) is 11.5. The minimum Gasteiger partial charge on any atom is -0.375 e. The summed E-state index contributed by atoms with van der Waals surface area (Å²) < 4.78 is 5.76. The van der Waals surface area contributed by atoms with E-state index in [9.17, 15) is 0 Å². The molecular weight excluding hydrogens is 202 g/mol. The van der Waals surface area contributed by atoms with Gasteiger partial charge in [-0.1, -0.05) is 0 Å². The van der Waals surface area contributed by atoms with Crippen LogP contribution in [0.1, 0.15) is 26.7 Å². The topological polar surface area (TPSA) is 27.7 Å². The zero-order valence-corrected chi connectivity index (χ0v) is 10.8. The molecule has 0 aromatic carbocycles. The van der Waals surface area contributed by atoms with Crippen molar-refractivity contribution in [3.8, 4) is 0 Å². The Kier molecular flexibility index (Phi) is 4.19. The van der Waals surface area contributed by atoms with E-state index in [4.69, 9.17) is 4.74 Å². The first kappa shape index (κ1) is 12.3. The first-order chi connectivity index (χ1) is 7.63. The molecule has 2 aliphatic rings. The second kappa shape index (κ2) is 5.45. The Balaban J connectivity index is 1.76. The lowest BCUT2D eigenvalue weighted by Gasteiger charge is -2.39. The van der Waals surface area contributed by atoms with Crippen molar-refractivity contribution in [1.82, 2.24) is 15.3 Å². The molecular formula is C12H25N3O. The molecule has 0 radical (unpaired) electrons. The highest BCUT2D eigenvalue weighted by Gasteiger charge is 2.26. The average Bonchev–Trinajstić information content (AvgIpc) is 2.20.